The minimum Gasteiger partial charge on any atom is -0.497 e. The highest BCUT2D eigenvalue weighted by molar-refractivity contribution is 7.09. The van der Waals surface area contributed by atoms with Gasteiger partial charge in [0.15, 0.2) is 6.61 Å². The smallest absolute Gasteiger partial charge is 0.306 e. The quantitative estimate of drug-likeness (QED) is 0.661. The molecule has 1 heterocycles. The highest BCUT2D eigenvalue weighted by Crippen LogP contribution is 2.12. The average Bonchev–Trinajstić information content (AvgIpc) is 3.14. The van der Waals surface area contributed by atoms with Crippen molar-refractivity contribution in [3.05, 3.63) is 52.2 Å². The topological polar surface area (TPSA) is 64.6 Å². The molecule has 2 rings (SSSR count). The van der Waals surface area contributed by atoms with Crippen molar-refractivity contribution in [2.75, 3.05) is 20.3 Å². The van der Waals surface area contributed by atoms with Gasteiger partial charge in [-0.15, -0.1) is 11.3 Å². The lowest BCUT2D eigenvalue weighted by atomic mass is 10.1. The van der Waals surface area contributed by atoms with Gasteiger partial charge in [0.2, 0.25) is 0 Å². The zero-order chi connectivity index (χ0) is 17.9. The molecular formula is C19H23NO4S. The lowest BCUT2D eigenvalue weighted by Gasteiger charge is -2.07. The minimum atomic E-state index is -0.332. The lowest BCUT2D eigenvalue weighted by molar-refractivity contribution is -0.148. The summed E-state index contributed by atoms with van der Waals surface area (Å²) in [4.78, 5) is 24.6. The third-order valence-corrected chi connectivity index (χ3v) is 4.58. The molecule has 0 radical (unpaired) electrons. The van der Waals surface area contributed by atoms with Gasteiger partial charge in [-0.05, 0) is 48.4 Å². The van der Waals surface area contributed by atoms with Gasteiger partial charge in [-0.3, -0.25) is 9.59 Å². The third-order valence-electron chi connectivity index (χ3n) is 3.64. The SMILES string of the molecule is COc1ccc(CCNC(=O)COC(=O)CCCc2cccs2)cc1. The highest BCUT2D eigenvalue weighted by atomic mass is 32.1. The molecule has 5 nitrogen and oxygen atoms in total. The first-order valence-corrected chi connectivity index (χ1v) is 9.13. The Bertz CT molecular complexity index is 653. The molecule has 1 N–H and O–H groups in total. The Hall–Kier alpha value is -2.34. The Kier molecular flexibility index (Phi) is 7.98. The van der Waals surface area contributed by atoms with E-state index in [1.165, 1.54) is 4.88 Å². The van der Waals surface area contributed by atoms with Gasteiger partial charge in [0.1, 0.15) is 5.75 Å². The molecule has 0 saturated heterocycles. The first kappa shape index (κ1) is 19.0. The Morgan fingerprint density at radius 3 is 2.60 bits per heavy atom. The molecule has 1 aromatic heterocycles. The molecule has 1 amide bonds. The molecule has 0 spiro atoms. The Morgan fingerprint density at radius 1 is 1.12 bits per heavy atom. The maximum atomic E-state index is 11.7. The number of ether oxygens (including phenoxy) is 2. The van der Waals surface area contributed by atoms with E-state index < -0.39 is 0 Å². The molecule has 25 heavy (non-hydrogen) atoms. The molecule has 0 aliphatic rings. The monoisotopic (exact) mass is 361 g/mol. The van der Waals surface area contributed by atoms with Crippen LogP contribution in [0.2, 0.25) is 0 Å². The fourth-order valence-electron chi connectivity index (χ4n) is 2.27. The number of amides is 1. The normalized spacial score (nSPS) is 10.3. The fourth-order valence-corrected chi connectivity index (χ4v) is 3.02. The largest absolute Gasteiger partial charge is 0.497 e. The number of rotatable bonds is 10. The number of methoxy groups -OCH3 is 1. The van der Waals surface area contributed by atoms with E-state index in [2.05, 4.69) is 5.32 Å². The molecule has 2 aromatic rings. The Labute approximate surface area is 152 Å². The molecule has 1 aromatic carbocycles. The molecule has 0 aliphatic heterocycles. The van der Waals surface area contributed by atoms with Gasteiger partial charge in [-0.1, -0.05) is 18.2 Å². The van der Waals surface area contributed by atoms with E-state index in [4.69, 9.17) is 9.47 Å². The van der Waals surface area contributed by atoms with E-state index in [1.807, 2.05) is 41.8 Å². The van der Waals surface area contributed by atoms with E-state index in [-0.39, 0.29) is 18.5 Å². The van der Waals surface area contributed by atoms with Crippen LogP contribution in [0.15, 0.2) is 41.8 Å². The van der Waals surface area contributed by atoms with Crippen LogP contribution in [0.4, 0.5) is 0 Å². The standard InChI is InChI=1S/C19H23NO4S/c1-23-16-9-7-15(8-10-16)11-12-20-18(21)14-24-19(22)6-2-4-17-5-3-13-25-17/h3,5,7-10,13H,2,4,6,11-12,14H2,1H3,(H,20,21). The van der Waals surface area contributed by atoms with Crippen LogP contribution in [0.3, 0.4) is 0 Å². The van der Waals surface area contributed by atoms with Crippen molar-refractivity contribution in [3.63, 3.8) is 0 Å². The van der Waals surface area contributed by atoms with Crippen molar-refractivity contribution in [1.29, 1.82) is 0 Å². The van der Waals surface area contributed by atoms with E-state index in [0.29, 0.717) is 19.4 Å². The van der Waals surface area contributed by atoms with Crippen LogP contribution in [-0.4, -0.2) is 32.1 Å². The van der Waals surface area contributed by atoms with Crippen LogP contribution < -0.4 is 10.1 Å². The first-order valence-electron chi connectivity index (χ1n) is 8.25. The molecule has 0 bridgehead atoms. The summed E-state index contributed by atoms with van der Waals surface area (Å²) in [7, 11) is 1.62. The van der Waals surface area contributed by atoms with E-state index >= 15 is 0 Å². The lowest BCUT2D eigenvalue weighted by Crippen LogP contribution is -2.30. The number of aryl methyl sites for hydroxylation is 1. The summed E-state index contributed by atoms with van der Waals surface area (Å²) in [6.45, 7) is 0.279. The predicted molar refractivity (Wildman–Crippen MR) is 97.9 cm³/mol. The number of hydrogen-bond donors (Lipinski definition) is 1. The maximum Gasteiger partial charge on any atom is 0.306 e. The maximum absolute atomic E-state index is 11.7. The van der Waals surface area contributed by atoms with Gasteiger partial charge in [-0.25, -0.2) is 0 Å². The van der Waals surface area contributed by atoms with Gasteiger partial charge in [0.25, 0.3) is 5.91 Å². The van der Waals surface area contributed by atoms with Crippen molar-refractivity contribution >= 4 is 23.2 Å². The summed E-state index contributed by atoms with van der Waals surface area (Å²) in [6, 6.07) is 11.7. The first-order chi connectivity index (χ1) is 12.2. The van der Waals surface area contributed by atoms with Crippen molar-refractivity contribution < 1.29 is 19.1 Å². The molecule has 0 aliphatic carbocycles. The van der Waals surface area contributed by atoms with Gasteiger partial charge in [0.05, 0.1) is 7.11 Å². The van der Waals surface area contributed by atoms with E-state index in [9.17, 15) is 9.59 Å². The second kappa shape index (κ2) is 10.5. The number of carbonyl (C=O) groups excluding carboxylic acids is 2. The number of nitrogens with one attached hydrogen (secondary N) is 1. The molecule has 134 valence electrons. The summed E-state index contributed by atoms with van der Waals surface area (Å²) < 4.78 is 10.1. The van der Waals surface area contributed by atoms with Gasteiger partial charge in [0, 0.05) is 17.8 Å². The van der Waals surface area contributed by atoms with Crippen molar-refractivity contribution in [2.45, 2.75) is 25.7 Å². The molecule has 0 unspecified atom stereocenters. The summed E-state index contributed by atoms with van der Waals surface area (Å²) >= 11 is 1.68. The summed E-state index contributed by atoms with van der Waals surface area (Å²) in [5, 5.41) is 4.77. The number of esters is 1. The summed E-state index contributed by atoms with van der Waals surface area (Å²) in [5.74, 6) is 0.195. The molecule has 0 atom stereocenters. The molecule has 0 saturated carbocycles. The van der Waals surface area contributed by atoms with Crippen molar-refractivity contribution in [3.8, 4) is 5.75 Å². The van der Waals surface area contributed by atoms with Gasteiger partial charge in [-0.2, -0.15) is 0 Å². The predicted octanol–water partition coefficient (Wildman–Crippen LogP) is 2.98. The Balaban J connectivity index is 1.54. The van der Waals surface area contributed by atoms with Crippen LogP contribution in [0.5, 0.6) is 5.75 Å². The molecule has 6 heteroatoms. The summed E-state index contributed by atoms with van der Waals surface area (Å²) in [5.41, 5.74) is 1.10. The van der Waals surface area contributed by atoms with E-state index in [1.54, 1.807) is 18.4 Å². The zero-order valence-electron chi connectivity index (χ0n) is 14.3. The van der Waals surface area contributed by atoms with Gasteiger partial charge < -0.3 is 14.8 Å². The third kappa shape index (κ3) is 7.39. The van der Waals surface area contributed by atoms with Gasteiger partial charge >= 0.3 is 5.97 Å². The van der Waals surface area contributed by atoms with Crippen molar-refractivity contribution in [1.82, 2.24) is 5.32 Å². The van der Waals surface area contributed by atoms with Crippen LogP contribution in [0.25, 0.3) is 0 Å². The number of carbonyl (C=O) groups is 2. The zero-order valence-corrected chi connectivity index (χ0v) is 15.1. The number of thiophene rings is 1. The van der Waals surface area contributed by atoms with Crippen LogP contribution in [0, 0.1) is 0 Å². The minimum absolute atomic E-state index is 0.222. The van der Waals surface area contributed by atoms with E-state index in [0.717, 1.165) is 24.2 Å². The second-order valence-electron chi connectivity index (χ2n) is 5.54. The van der Waals surface area contributed by atoms with Crippen LogP contribution in [0.1, 0.15) is 23.3 Å². The average molecular weight is 361 g/mol. The highest BCUT2D eigenvalue weighted by Gasteiger charge is 2.07. The second-order valence-corrected chi connectivity index (χ2v) is 6.57. The number of hydrogen-bond acceptors (Lipinski definition) is 5. The number of benzene rings is 1. The Morgan fingerprint density at radius 2 is 1.92 bits per heavy atom. The van der Waals surface area contributed by atoms with Crippen LogP contribution >= 0.6 is 11.3 Å². The molecule has 0 fully saturated rings. The van der Waals surface area contributed by atoms with Crippen molar-refractivity contribution in [2.24, 2.45) is 0 Å². The fraction of sp³-hybridized carbons (Fsp3) is 0.368. The summed E-state index contributed by atoms with van der Waals surface area (Å²) in [6.07, 6.45) is 2.64. The molecular weight excluding hydrogens is 338 g/mol. The van der Waals surface area contributed by atoms with Crippen LogP contribution in [-0.2, 0) is 27.2 Å².